The van der Waals surface area contributed by atoms with Crippen LogP contribution in [0.25, 0.3) is 0 Å². The van der Waals surface area contributed by atoms with E-state index < -0.39 is 19.0 Å². The van der Waals surface area contributed by atoms with Crippen molar-refractivity contribution in [3.8, 4) is 0 Å². The summed E-state index contributed by atoms with van der Waals surface area (Å²) in [4.78, 5) is 24.8. The Kier molecular flexibility index (Phi) is 7.81. The zero-order valence-corrected chi connectivity index (χ0v) is 13.7. The molecule has 0 saturated carbocycles. The Morgan fingerprint density at radius 2 is 2.00 bits per heavy atom. The van der Waals surface area contributed by atoms with Crippen LogP contribution in [0, 0.1) is 0 Å². The van der Waals surface area contributed by atoms with Crippen molar-refractivity contribution in [3.63, 3.8) is 0 Å². The van der Waals surface area contributed by atoms with Crippen molar-refractivity contribution in [2.45, 2.75) is 19.3 Å². The van der Waals surface area contributed by atoms with Crippen molar-refractivity contribution in [2.24, 2.45) is 0 Å². The fourth-order valence-electron chi connectivity index (χ4n) is 2.01. The maximum atomic E-state index is 12.0. The predicted molar refractivity (Wildman–Crippen MR) is 89.7 cm³/mol. The van der Waals surface area contributed by atoms with Gasteiger partial charge in [-0.25, -0.2) is 0 Å². The number of benzene rings is 1. The highest BCUT2D eigenvalue weighted by Crippen LogP contribution is 2.11. The second-order valence-electron chi connectivity index (χ2n) is 4.97. The Hall–Kier alpha value is -1.83. The average Bonchev–Trinajstić information content (AvgIpc) is 2.53. The van der Waals surface area contributed by atoms with Gasteiger partial charge in [-0.05, 0) is 37.1 Å². The topological polar surface area (TPSA) is 89.9 Å². The minimum atomic E-state index is -1.72. The lowest BCUT2D eigenvalue weighted by atomic mass is 9.76. The molecule has 3 N–H and O–H groups in total. The summed E-state index contributed by atoms with van der Waals surface area (Å²) in [6.45, 7) is 5.29. The molecule has 0 aromatic heterocycles. The molecular weight excluding hydrogens is 318 g/mol. The molecule has 1 aromatic carbocycles. The summed E-state index contributed by atoms with van der Waals surface area (Å²) in [5.74, 6) is -1.73. The monoisotopic (exact) mass is 338 g/mol. The van der Waals surface area contributed by atoms with Crippen molar-refractivity contribution >= 4 is 30.5 Å². The molecule has 0 bridgehead atoms. The third-order valence-electron chi connectivity index (χ3n) is 3.28. The van der Waals surface area contributed by atoms with Gasteiger partial charge in [0.15, 0.2) is 0 Å². The number of amides is 2. The van der Waals surface area contributed by atoms with Crippen molar-refractivity contribution in [3.05, 3.63) is 47.5 Å². The maximum absolute atomic E-state index is 12.0. The summed E-state index contributed by atoms with van der Waals surface area (Å²) in [6.07, 6.45) is 1.35. The molecule has 124 valence electrons. The first kappa shape index (κ1) is 19.2. The van der Waals surface area contributed by atoms with E-state index in [1.165, 1.54) is 4.90 Å². The Balaban J connectivity index is 2.68. The molecule has 1 atom stereocenters. The van der Waals surface area contributed by atoms with Gasteiger partial charge >= 0.3 is 7.12 Å². The highest BCUT2D eigenvalue weighted by molar-refractivity contribution is 6.43. The van der Waals surface area contributed by atoms with Crippen LogP contribution in [0.2, 0.25) is 5.02 Å². The summed E-state index contributed by atoms with van der Waals surface area (Å²) >= 11 is 5.80. The highest BCUT2D eigenvalue weighted by Gasteiger charge is 2.26. The summed E-state index contributed by atoms with van der Waals surface area (Å²) in [5, 5.41) is 22.0. The standard InChI is InChI=1S/C15H20BClN2O4/c1-3-15(21)19(4-2)10-14(20)18-13(16(22)23)9-11-5-7-12(17)8-6-11/h3,5-8,13,22-23H,1,4,9-10H2,2H3,(H,18,20). The van der Waals surface area contributed by atoms with Crippen LogP contribution >= 0.6 is 11.6 Å². The van der Waals surface area contributed by atoms with E-state index in [9.17, 15) is 19.6 Å². The number of hydrogen-bond donors (Lipinski definition) is 3. The van der Waals surface area contributed by atoms with Crippen LogP contribution in [-0.2, 0) is 16.0 Å². The van der Waals surface area contributed by atoms with Crippen LogP contribution < -0.4 is 5.32 Å². The van der Waals surface area contributed by atoms with Crippen LogP contribution in [-0.4, -0.2) is 52.9 Å². The minimum Gasteiger partial charge on any atom is -0.426 e. The molecule has 0 radical (unpaired) electrons. The van der Waals surface area contributed by atoms with Crippen LogP contribution in [0.1, 0.15) is 12.5 Å². The first-order valence-electron chi connectivity index (χ1n) is 7.18. The number of rotatable bonds is 8. The highest BCUT2D eigenvalue weighted by atomic mass is 35.5. The number of carbonyl (C=O) groups is 2. The molecule has 0 spiro atoms. The Bertz CT molecular complexity index is 551. The van der Waals surface area contributed by atoms with E-state index in [0.717, 1.165) is 11.6 Å². The molecule has 23 heavy (non-hydrogen) atoms. The van der Waals surface area contributed by atoms with E-state index in [1.54, 1.807) is 31.2 Å². The summed E-state index contributed by atoms with van der Waals surface area (Å²) in [5.41, 5.74) is 0.794. The molecule has 0 aliphatic carbocycles. The Labute approximate surface area is 140 Å². The fraction of sp³-hybridized carbons (Fsp3) is 0.333. The van der Waals surface area contributed by atoms with Gasteiger partial charge in [-0.2, -0.15) is 0 Å². The van der Waals surface area contributed by atoms with E-state index in [1.807, 2.05) is 0 Å². The number of likely N-dealkylation sites (N-methyl/N-ethyl adjacent to an activating group) is 1. The van der Waals surface area contributed by atoms with Crippen molar-refractivity contribution in [1.29, 1.82) is 0 Å². The molecule has 2 amide bonds. The minimum absolute atomic E-state index is 0.175. The molecule has 6 nitrogen and oxygen atoms in total. The average molecular weight is 339 g/mol. The van der Waals surface area contributed by atoms with E-state index in [-0.39, 0.29) is 18.9 Å². The molecule has 0 aliphatic rings. The Morgan fingerprint density at radius 3 is 2.48 bits per heavy atom. The van der Waals surface area contributed by atoms with Gasteiger partial charge in [0.25, 0.3) is 0 Å². The van der Waals surface area contributed by atoms with Crippen LogP contribution in [0.3, 0.4) is 0 Å². The molecule has 8 heteroatoms. The number of carbonyl (C=O) groups excluding carboxylic acids is 2. The number of hydrogen-bond acceptors (Lipinski definition) is 4. The van der Waals surface area contributed by atoms with Crippen molar-refractivity contribution in [2.75, 3.05) is 13.1 Å². The normalized spacial score (nSPS) is 11.5. The fourth-order valence-corrected chi connectivity index (χ4v) is 2.13. The SMILES string of the molecule is C=CC(=O)N(CC)CC(=O)NC(Cc1ccc(Cl)cc1)B(O)O. The lowest BCUT2D eigenvalue weighted by Crippen LogP contribution is -2.51. The summed E-state index contributed by atoms with van der Waals surface area (Å²) in [7, 11) is -1.72. The lowest BCUT2D eigenvalue weighted by Gasteiger charge is -2.22. The van der Waals surface area contributed by atoms with Crippen LogP contribution in [0.4, 0.5) is 0 Å². The molecular formula is C15H20BClN2O4. The number of halogens is 1. The van der Waals surface area contributed by atoms with Gasteiger partial charge in [0.05, 0.1) is 12.5 Å². The number of nitrogens with zero attached hydrogens (tertiary/aromatic N) is 1. The second kappa shape index (κ2) is 9.34. The first-order valence-corrected chi connectivity index (χ1v) is 7.56. The van der Waals surface area contributed by atoms with Crippen LogP contribution in [0.5, 0.6) is 0 Å². The van der Waals surface area contributed by atoms with Gasteiger partial charge in [0, 0.05) is 11.6 Å². The molecule has 0 fully saturated rings. The van der Waals surface area contributed by atoms with Gasteiger partial charge in [-0.3, -0.25) is 9.59 Å². The first-order chi connectivity index (χ1) is 10.9. The quantitative estimate of drug-likeness (QED) is 0.473. The zero-order valence-electron chi connectivity index (χ0n) is 12.9. The van der Waals surface area contributed by atoms with Crippen LogP contribution in [0.15, 0.2) is 36.9 Å². The summed E-state index contributed by atoms with van der Waals surface area (Å²) < 4.78 is 0. The zero-order chi connectivity index (χ0) is 17.4. The van der Waals surface area contributed by atoms with E-state index >= 15 is 0 Å². The molecule has 1 unspecified atom stereocenters. The third kappa shape index (κ3) is 6.44. The third-order valence-corrected chi connectivity index (χ3v) is 3.53. The predicted octanol–water partition coefficient (Wildman–Crippen LogP) is 0.414. The lowest BCUT2D eigenvalue weighted by molar-refractivity contribution is -0.132. The molecule has 1 aromatic rings. The van der Waals surface area contributed by atoms with E-state index in [2.05, 4.69) is 11.9 Å². The van der Waals surface area contributed by atoms with Crippen molar-refractivity contribution in [1.82, 2.24) is 10.2 Å². The smallest absolute Gasteiger partial charge is 0.426 e. The van der Waals surface area contributed by atoms with Gasteiger partial charge in [-0.1, -0.05) is 30.3 Å². The van der Waals surface area contributed by atoms with Gasteiger partial charge in [0.1, 0.15) is 0 Å². The van der Waals surface area contributed by atoms with Gasteiger partial charge in [0.2, 0.25) is 11.8 Å². The Morgan fingerprint density at radius 1 is 1.39 bits per heavy atom. The van der Waals surface area contributed by atoms with E-state index in [4.69, 9.17) is 11.6 Å². The second-order valence-corrected chi connectivity index (χ2v) is 5.41. The molecule has 0 saturated heterocycles. The molecule has 1 rings (SSSR count). The van der Waals surface area contributed by atoms with Crippen molar-refractivity contribution < 1.29 is 19.6 Å². The number of nitrogens with one attached hydrogen (secondary N) is 1. The largest absolute Gasteiger partial charge is 0.475 e. The van der Waals surface area contributed by atoms with E-state index in [0.29, 0.717) is 11.6 Å². The maximum Gasteiger partial charge on any atom is 0.475 e. The molecule has 0 aliphatic heterocycles. The molecule has 0 heterocycles. The van der Waals surface area contributed by atoms with Gasteiger partial charge < -0.3 is 20.3 Å². The van der Waals surface area contributed by atoms with Gasteiger partial charge in [-0.15, -0.1) is 0 Å². The summed E-state index contributed by atoms with van der Waals surface area (Å²) in [6, 6.07) is 6.84.